The highest BCUT2D eigenvalue weighted by atomic mass is 35.5. The molecule has 0 radical (unpaired) electrons. The number of hydrogen-bond donors (Lipinski definition) is 1. The summed E-state index contributed by atoms with van der Waals surface area (Å²) in [6.45, 7) is 2.81. The summed E-state index contributed by atoms with van der Waals surface area (Å²) in [7, 11) is 1.60. The highest BCUT2D eigenvalue weighted by Crippen LogP contribution is 2.22. The van der Waals surface area contributed by atoms with Gasteiger partial charge in [0.05, 0.1) is 17.7 Å². The molecule has 2 aromatic rings. The molecule has 0 unspecified atom stereocenters. The summed E-state index contributed by atoms with van der Waals surface area (Å²) in [5.74, 6) is -0.144. The fourth-order valence-corrected chi connectivity index (χ4v) is 2.05. The monoisotopic (exact) mass is 278 g/mol. The SMILES string of the molecule is COCCNC(=O)c1cc(C)nc2ccc(Cl)cc12. The van der Waals surface area contributed by atoms with Gasteiger partial charge < -0.3 is 10.1 Å². The van der Waals surface area contributed by atoms with Gasteiger partial charge in [-0.2, -0.15) is 0 Å². The molecule has 5 heteroatoms. The van der Waals surface area contributed by atoms with Crippen molar-refractivity contribution in [3.05, 3.63) is 40.5 Å². The first-order valence-electron chi connectivity index (χ1n) is 5.96. The molecule has 0 fully saturated rings. The quantitative estimate of drug-likeness (QED) is 0.875. The molecule has 1 heterocycles. The molecular formula is C14H15ClN2O2. The minimum absolute atomic E-state index is 0.144. The Morgan fingerprint density at radius 1 is 1.42 bits per heavy atom. The Labute approximate surface area is 116 Å². The van der Waals surface area contributed by atoms with Gasteiger partial charge in [0.2, 0.25) is 0 Å². The molecule has 0 aliphatic rings. The number of carbonyl (C=O) groups excluding carboxylic acids is 1. The standard InChI is InChI=1S/C14H15ClN2O2/c1-9-7-12(14(18)16-5-6-19-2)11-8-10(15)3-4-13(11)17-9/h3-4,7-8H,5-6H2,1-2H3,(H,16,18). The number of methoxy groups -OCH3 is 1. The van der Waals surface area contributed by atoms with Crippen LogP contribution < -0.4 is 5.32 Å². The Morgan fingerprint density at radius 3 is 2.95 bits per heavy atom. The van der Waals surface area contributed by atoms with Crippen molar-refractivity contribution in [2.24, 2.45) is 0 Å². The fourth-order valence-electron chi connectivity index (χ4n) is 1.88. The third-order valence-electron chi connectivity index (χ3n) is 2.74. The highest BCUT2D eigenvalue weighted by Gasteiger charge is 2.11. The molecule has 1 N–H and O–H groups in total. The second-order valence-electron chi connectivity index (χ2n) is 4.22. The Kier molecular flexibility index (Phi) is 4.35. The van der Waals surface area contributed by atoms with Gasteiger partial charge in [0.25, 0.3) is 5.91 Å². The number of nitrogens with zero attached hydrogens (tertiary/aromatic N) is 1. The molecule has 1 aromatic carbocycles. The summed E-state index contributed by atoms with van der Waals surface area (Å²) in [4.78, 5) is 16.6. The summed E-state index contributed by atoms with van der Waals surface area (Å²) in [6.07, 6.45) is 0. The van der Waals surface area contributed by atoms with Crippen molar-refractivity contribution in [2.45, 2.75) is 6.92 Å². The van der Waals surface area contributed by atoms with E-state index in [0.717, 1.165) is 16.6 Å². The van der Waals surface area contributed by atoms with E-state index in [0.29, 0.717) is 23.7 Å². The maximum atomic E-state index is 12.2. The number of pyridine rings is 1. The van der Waals surface area contributed by atoms with Crippen LogP contribution >= 0.6 is 11.6 Å². The Balaban J connectivity index is 2.40. The highest BCUT2D eigenvalue weighted by molar-refractivity contribution is 6.31. The van der Waals surface area contributed by atoms with Gasteiger partial charge in [-0.25, -0.2) is 0 Å². The third-order valence-corrected chi connectivity index (χ3v) is 2.97. The second kappa shape index (κ2) is 5.99. The van der Waals surface area contributed by atoms with Crippen LogP contribution in [0.4, 0.5) is 0 Å². The summed E-state index contributed by atoms with van der Waals surface area (Å²) in [5.41, 5.74) is 2.15. The molecule has 0 spiro atoms. The number of benzene rings is 1. The molecule has 100 valence electrons. The first kappa shape index (κ1) is 13.8. The van der Waals surface area contributed by atoms with Crippen LogP contribution in [0.3, 0.4) is 0 Å². The third kappa shape index (κ3) is 3.22. The second-order valence-corrected chi connectivity index (χ2v) is 4.66. The number of amides is 1. The van der Waals surface area contributed by atoms with E-state index >= 15 is 0 Å². The predicted octanol–water partition coefficient (Wildman–Crippen LogP) is 2.57. The van der Waals surface area contributed by atoms with Crippen molar-refractivity contribution in [1.29, 1.82) is 0 Å². The van der Waals surface area contributed by atoms with Crippen molar-refractivity contribution in [1.82, 2.24) is 10.3 Å². The van der Waals surface area contributed by atoms with Crippen molar-refractivity contribution < 1.29 is 9.53 Å². The Hall–Kier alpha value is -1.65. The van der Waals surface area contributed by atoms with Gasteiger partial charge in [0.1, 0.15) is 0 Å². The zero-order chi connectivity index (χ0) is 13.8. The molecule has 0 saturated heterocycles. The molecule has 0 aliphatic heterocycles. The molecule has 0 aliphatic carbocycles. The van der Waals surface area contributed by atoms with E-state index in [1.54, 1.807) is 25.3 Å². The number of nitrogens with one attached hydrogen (secondary N) is 1. The van der Waals surface area contributed by atoms with Crippen molar-refractivity contribution >= 4 is 28.4 Å². The van der Waals surface area contributed by atoms with E-state index < -0.39 is 0 Å². The van der Waals surface area contributed by atoms with Crippen LogP contribution in [-0.4, -0.2) is 31.2 Å². The van der Waals surface area contributed by atoms with Crippen LogP contribution in [0.15, 0.2) is 24.3 Å². The first-order chi connectivity index (χ1) is 9.11. The zero-order valence-corrected chi connectivity index (χ0v) is 11.6. The number of aryl methyl sites for hydroxylation is 1. The van der Waals surface area contributed by atoms with Crippen LogP contribution in [0.2, 0.25) is 5.02 Å². The lowest BCUT2D eigenvalue weighted by molar-refractivity contribution is 0.0938. The predicted molar refractivity (Wildman–Crippen MR) is 75.7 cm³/mol. The van der Waals surface area contributed by atoms with Gasteiger partial charge in [0.15, 0.2) is 0 Å². The van der Waals surface area contributed by atoms with Crippen LogP contribution in [-0.2, 0) is 4.74 Å². The van der Waals surface area contributed by atoms with Gasteiger partial charge in [0, 0.05) is 29.8 Å². The number of ether oxygens (including phenoxy) is 1. The van der Waals surface area contributed by atoms with Gasteiger partial charge in [-0.15, -0.1) is 0 Å². The number of fused-ring (bicyclic) bond motifs is 1. The molecule has 0 bridgehead atoms. The fraction of sp³-hybridized carbons (Fsp3) is 0.286. The van der Waals surface area contributed by atoms with Gasteiger partial charge in [-0.1, -0.05) is 11.6 Å². The number of rotatable bonds is 4. The smallest absolute Gasteiger partial charge is 0.252 e. The summed E-state index contributed by atoms with van der Waals surface area (Å²) in [6, 6.07) is 7.11. The minimum atomic E-state index is -0.144. The van der Waals surface area contributed by atoms with Gasteiger partial charge in [-0.05, 0) is 31.2 Å². The van der Waals surface area contributed by atoms with Crippen molar-refractivity contribution in [3.8, 4) is 0 Å². The van der Waals surface area contributed by atoms with Gasteiger partial charge >= 0.3 is 0 Å². The Morgan fingerprint density at radius 2 is 2.21 bits per heavy atom. The number of halogens is 1. The largest absolute Gasteiger partial charge is 0.383 e. The van der Waals surface area contributed by atoms with Crippen LogP contribution in [0.1, 0.15) is 16.1 Å². The molecule has 2 rings (SSSR count). The normalized spacial score (nSPS) is 10.7. The van der Waals surface area contributed by atoms with Crippen LogP contribution in [0.25, 0.3) is 10.9 Å². The van der Waals surface area contributed by atoms with E-state index in [-0.39, 0.29) is 5.91 Å². The summed E-state index contributed by atoms with van der Waals surface area (Å²) in [5, 5.41) is 4.15. The lowest BCUT2D eigenvalue weighted by Crippen LogP contribution is -2.27. The maximum Gasteiger partial charge on any atom is 0.252 e. The number of aromatic nitrogens is 1. The van der Waals surface area contributed by atoms with Crippen LogP contribution in [0.5, 0.6) is 0 Å². The van der Waals surface area contributed by atoms with E-state index in [2.05, 4.69) is 10.3 Å². The molecule has 0 saturated carbocycles. The summed E-state index contributed by atoms with van der Waals surface area (Å²) < 4.78 is 4.91. The molecule has 1 amide bonds. The minimum Gasteiger partial charge on any atom is -0.383 e. The van der Waals surface area contributed by atoms with Gasteiger partial charge in [-0.3, -0.25) is 9.78 Å². The van der Waals surface area contributed by atoms with Crippen molar-refractivity contribution in [3.63, 3.8) is 0 Å². The van der Waals surface area contributed by atoms with E-state index in [4.69, 9.17) is 16.3 Å². The number of hydrogen-bond acceptors (Lipinski definition) is 3. The first-order valence-corrected chi connectivity index (χ1v) is 6.33. The van der Waals surface area contributed by atoms with E-state index in [1.165, 1.54) is 0 Å². The van der Waals surface area contributed by atoms with E-state index in [1.807, 2.05) is 13.0 Å². The van der Waals surface area contributed by atoms with E-state index in [9.17, 15) is 4.79 Å². The van der Waals surface area contributed by atoms with Crippen molar-refractivity contribution in [2.75, 3.05) is 20.3 Å². The topological polar surface area (TPSA) is 51.2 Å². The average molecular weight is 279 g/mol. The average Bonchev–Trinajstić information content (AvgIpc) is 2.38. The molecule has 4 nitrogen and oxygen atoms in total. The van der Waals surface area contributed by atoms with Crippen LogP contribution in [0, 0.1) is 6.92 Å². The maximum absolute atomic E-state index is 12.2. The lowest BCUT2D eigenvalue weighted by Gasteiger charge is -2.09. The molecule has 19 heavy (non-hydrogen) atoms. The summed E-state index contributed by atoms with van der Waals surface area (Å²) >= 11 is 5.98. The lowest BCUT2D eigenvalue weighted by atomic mass is 10.1. The zero-order valence-electron chi connectivity index (χ0n) is 10.9. The molecule has 1 aromatic heterocycles. The molecular weight excluding hydrogens is 264 g/mol. The molecule has 0 atom stereocenters. The number of carbonyl (C=O) groups is 1. The Bertz CT molecular complexity index is 614.